The first-order valence-electron chi connectivity index (χ1n) is 3.61. The van der Waals surface area contributed by atoms with Gasteiger partial charge in [0.25, 0.3) is 0 Å². The minimum atomic E-state index is -5.59. The first-order chi connectivity index (χ1) is 6.33. The molecule has 15 heavy (non-hydrogen) atoms. The Morgan fingerprint density at radius 3 is 1.73 bits per heavy atom. The fourth-order valence-electron chi connectivity index (χ4n) is 0.774. The number of anilines is 1. The molecule has 0 aliphatic heterocycles. The maximum atomic E-state index is 12.4. The summed E-state index contributed by atoms with van der Waals surface area (Å²) in [6.45, 7) is 0. The molecule has 86 valence electrons. The summed E-state index contributed by atoms with van der Waals surface area (Å²) in [6, 6.07) is 1.56. The summed E-state index contributed by atoms with van der Waals surface area (Å²) < 4.78 is 59.9. The van der Waals surface area contributed by atoms with Gasteiger partial charge in [-0.2, -0.15) is 22.0 Å². The topological polar surface area (TPSA) is 12.0 Å². The van der Waals surface area contributed by atoms with E-state index >= 15 is 0 Å². The number of alkyl halides is 5. The van der Waals surface area contributed by atoms with Crippen LogP contribution in [0.4, 0.5) is 27.6 Å². The fourth-order valence-corrected chi connectivity index (χ4v) is 0.774. The second-order valence-electron chi connectivity index (χ2n) is 2.56. The van der Waals surface area contributed by atoms with E-state index in [1.807, 2.05) is 0 Å². The van der Waals surface area contributed by atoms with Crippen LogP contribution in [0.25, 0.3) is 0 Å². The van der Waals surface area contributed by atoms with E-state index in [0.717, 1.165) is 17.4 Å². The van der Waals surface area contributed by atoms with E-state index in [4.69, 9.17) is 0 Å². The van der Waals surface area contributed by atoms with Crippen LogP contribution in [0.3, 0.4) is 0 Å². The first-order valence-corrected chi connectivity index (χ1v) is 3.61. The Morgan fingerprint density at radius 2 is 1.33 bits per heavy atom. The van der Waals surface area contributed by atoms with Gasteiger partial charge in [0, 0.05) is 5.69 Å². The highest BCUT2D eigenvalue weighted by atomic mass is 127. The zero-order valence-electron chi connectivity index (χ0n) is 7.18. The summed E-state index contributed by atoms with van der Waals surface area (Å²) in [4.78, 5) is 0. The van der Waals surface area contributed by atoms with Crippen LogP contribution < -0.4 is 5.32 Å². The second kappa shape index (κ2) is 4.95. The van der Waals surface area contributed by atoms with E-state index in [1.54, 1.807) is 0 Å². The molecule has 7 heteroatoms. The molecule has 0 spiro atoms. The lowest BCUT2D eigenvalue weighted by atomic mass is 10.3. The maximum Gasteiger partial charge on any atom is 0.475 e. The molecular formula is C8H7F5IN. The molecule has 0 aromatic heterocycles. The quantitative estimate of drug-likeness (QED) is 0.490. The summed E-state index contributed by atoms with van der Waals surface area (Å²) >= 11 is 0. The van der Waals surface area contributed by atoms with Crippen LogP contribution in [0.15, 0.2) is 30.3 Å². The third kappa shape index (κ3) is 3.80. The largest absolute Gasteiger partial charge is 0.475 e. The molecular weight excluding hydrogens is 332 g/mol. The molecule has 0 atom stereocenters. The van der Waals surface area contributed by atoms with Crippen molar-refractivity contribution in [3.63, 3.8) is 0 Å². The Labute approximate surface area is 99.7 Å². The lowest BCUT2D eigenvalue weighted by Gasteiger charge is -2.21. The molecule has 0 aliphatic rings. The van der Waals surface area contributed by atoms with Gasteiger partial charge in [-0.3, -0.25) is 0 Å². The van der Waals surface area contributed by atoms with Crippen molar-refractivity contribution in [3.8, 4) is 0 Å². The predicted octanol–water partition coefficient (Wildman–Crippen LogP) is 3.87. The maximum absolute atomic E-state index is 12.4. The SMILES string of the molecule is FC(F)(F)C(F)(F)Nc1ccccc1.I. The lowest BCUT2D eigenvalue weighted by molar-refractivity contribution is -0.268. The van der Waals surface area contributed by atoms with Crippen molar-refractivity contribution < 1.29 is 22.0 Å². The van der Waals surface area contributed by atoms with Gasteiger partial charge in [0.2, 0.25) is 0 Å². The van der Waals surface area contributed by atoms with Crippen molar-refractivity contribution in [1.82, 2.24) is 0 Å². The van der Waals surface area contributed by atoms with Crippen LogP contribution in [-0.4, -0.2) is 12.2 Å². The molecule has 0 unspecified atom stereocenters. The zero-order valence-corrected chi connectivity index (χ0v) is 9.52. The van der Waals surface area contributed by atoms with Crippen LogP contribution in [0.1, 0.15) is 0 Å². The number of hydrogen-bond acceptors (Lipinski definition) is 1. The average molecular weight is 339 g/mol. The highest BCUT2D eigenvalue weighted by Gasteiger charge is 2.57. The molecule has 1 aromatic rings. The van der Waals surface area contributed by atoms with Crippen LogP contribution >= 0.6 is 24.0 Å². The van der Waals surface area contributed by atoms with E-state index in [2.05, 4.69) is 0 Å². The normalized spacial score (nSPS) is 11.8. The summed E-state index contributed by atoms with van der Waals surface area (Å²) in [6.07, 6.45) is -5.59. The number of halogens is 6. The van der Waals surface area contributed by atoms with E-state index < -0.39 is 12.2 Å². The van der Waals surface area contributed by atoms with Gasteiger partial charge in [-0.05, 0) is 12.1 Å². The van der Waals surface area contributed by atoms with E-state index in [-0.39, 0.29) is 29.7 Å². The highest BCUT2D eigenvalue weighted by molar-refractivity contribution is 14.0. The molecule has 0 aliphatic carbocycles. The van der Waals surface area contributed by atoms with Gasteiger partial charge in [-0.1, -0.05) is 18.2 Å². The minimum absolute atomic E-state index is 0. The summed E-state index contributed by atoms with van der Waals surface area (Å²) in [5.41, 5.74) is -0.283. The van der Waals surface area contributed by atoms with E-state index in [0.29, 0.717) is 0 Å². The van der Waals surface area contributed by atoms with Crippen molar-refractivity contribution in [3.05, 3.63) is 30.3 Å². The lowest BCUT2D eigenvalue weighted by Crippen LogP contribution is -2.43. The standard InChI is InChI=1S/C8H6F5N.HI/c9-7(10,11)8(12,13)14-6-4-2-1-3-5-6;/h1-5,14H;1H. The van der Waals surface area contributed by atoms with Crippen molar-refractivity contribution in [2.45, 2.75) is 12.2 Å². The molecule has 1 nitrogen and oxygen atoms in total. The Bertz CT molecular complexity index is 298. The molecule has 0 amide bonds. The minimum Gasteiger partial charge on any atom is -0.319 e. The molecule has 0 bridgehead atoms. The van der Waals surface area contributed by atoms with Crippen molar-refractivity contribution >= 4 is 29.7 Å². The Morgan fingerprint density at radius 1 is 0.867 bits per heavy atom. The molecule has 0 heterocycles. The van der Waals surface area contributed by atoms with Crippen molar-refractivity contribution in [2.75, 3.05) is 5.32 Å². The number of para-hydroxylation sites is 1. The van der Waals surface area contributed by atoms with Crippen LogP contribution in [0, 0.1) is 0 Å². The van der Waals surface area contributed by atoms with Gasteiger partial charge >= 0.3 is 12.2 Å². The average Bonchev–Trinajstić information content (AvgIpc) is 2.03. The fraction of sp³-hybridized carbons (Fsp3) is 0.250. The molecule has 0 fully saturated rings. The van der Waals surface area contributed by atoms with Gasteiger partial charge in [-0.25, -0.2) is 0 Å². The summed E-state index contributed by atoms with van der Waals surface area (Å²) in [7, 11) is 0. The van der Waals surface area contributed by atoms with Crippen LogP contribution in [0.5, 0.6) is 0 Å². The van der Waals surface area contributed by atoms with Gasteiger partial charge in [0.1, 0.15) is 0 Å². The second-order valence-corrected chi connectivity index (χ2v) is 2.56. The van der Waals surface area contributed by atoms with Crippen LogP contribution in [0.2, 0.25) is 0 Å². The van der Waals surface area contributed by atoms with E-state index in [1.165, 1.54) is 18.2 Å². The van der Waals surface area contributed by atoms with Gasteiger partial charge in [-0.15, -0.1) is 24.0 Å². The molecule has 1 N–H and O–H groups in total. The predicted molar refractivity (Wildman–Crippen MR) is 56.5 cm³/mol. The number of rotatable bonds is 2. The van der Waals surface area contributed by atoms with Crippen LogP contribution in [-0.2, 0) is 0 Å². The van der Waals surface area contributed by atoms with Crippen molar-refractivity contribution in [2.24, 2.45) is 0 Å². The first kappa shape index (κ1) is 14.4. The third-order valence-electron chi connectivity index (χ3n) is 1.43. The van der Waals surface area contributed by atoms with Crippen molar-refractivity contribution in [1.29, 1.82) is 0 Å². The zero-order chi connectivity index (χ0) is 10.8. The summed E-state index contributed by atoms with van der Waals surface area (Å²) in [5, 5.41) is 1.10. The smallest absolute Gasteiger partial charge is 0.319 e. The third-order valence-corrected chi connectivity index (χ3v) is 1.43. The Balaban J connectivity index is 0.00000196. The Kier molecular flexibility index (Phi) is 4.75. The molecule has 1 aromatic carbocycles. The summed E-state index contributed by atoms with van der Waals surface area (Å²) in [5.74, 6) is 0. The molecule has 1 rings (SSSR count). The van der Waals surface area contributed by atoms with Gasteiger partial charge in [0.15, 0.2) is 0 Å². The molecule has 0 radical (unpaired) electrons. The van der Waals surface area contributed by atoms with Gasteiger partial charge < -0.3 is 5.32 Å². The molecule has 0 saturated carbocycles. The number of nitrogens with one attached hydrogen (secondary N) is 1. The highest BCUT2D eigenvalue weighted by Crippen LogP contribution is 2.35. The van der Waals surface area contributed by atoms with Gasteiger partial charge in [0.05, 0.1) is 0 Å². The number of hydrogen-bond donors (Lipinski definition) is 1. The number of benzene rings is 1. The monoisotopic (exact) mass is 339 g/mol. The van der Waals surface area contributed by atoms with E-state index in [9.17, 15) is 22.0 Å². The Hall–Kier alpha value is -0.600. The molecule has 0 saturated heterocycles.